The van der Waals surface area contributed by atoms with E-state index in [0.717, 1.165) is 62.0 Å². The van der Waals surface area contributed by atoms with Crippen molar-refractivity contribution in [3.63, 3.8) is 0 Å². The maximum atomic E-state index is 13.6. The maximum absolute atomic E-state index is 13.6. The number of piperazine rings is 1. The van der Waals surface area contributed by atoms with Crippen molar-refractivity contribution < 1.29 is 23.6 Å². The zero-order chi connectivity index (χ0) is 32.0. The minimum atomic E-state index is -0.593. The lowest BCUT2D eigenvalue weighted by atomic mass is 9.84. The Hall–Kier alpha value is -3.47. The number of halogens is 1. The first kappa shape index (κ1) is 32.9. The summed E-state index contributed by atoms with van der Waals surface area (Å²) in [5.41, 5.74) is 2.43. The van der Waals surface area contributed by atoms with E-state index in [2.05, 4.69) is 27.2 Å². The molecule has 1 saturated heterocycles. The van der Waals surface area contributed by atoms with Gasteiger partial charge in [-0.25, -0.2) is 4.79 Å². The zero-order valence-electron chi connectivity index (χ0n) is 26.7. The fourth-order valence-electron chi connectivity index (χ4n) is 6.14. The number of rotatable bonds is 9. The van der Waals surface area contributed by atoms with Gasteiger partial charge in [-0.1, -0.05) is 47.1 Å². The number of hydrogen-bond donors (Lipinski definition) is 0. The molecule has 0 bridgehead atoms. The van der Waals surface area contributed by atoms with E-state index in [-0.39, 0.29) is 30.6 Å². The molecule has 0 spiro atoms. The molecule has 2 amide bonds. The van der Waals surface area contributed by atoms with E-state index in [1.54, 1.807) is 7.11 Å². The molecule has 2 heterocycles. The van der Waals surface area contributed by atoms with Crippen LogP contribution in [0.1, 0.15) is 63.5 Å². The number of hydrogen-bond acceptors (Lipinski definition) is 8. The first-order valence-corrected chi connectivity index (χ1v) is 16.1. The molecule has 5 rings (SSSR count). The summed E-state index contributed by atoms with van der Waals surface area (Å²) >= 11 is 6.23. The van der Waals surface area contributed by atoms with Crippen molar-refractivity contribution in [3.05, 3.63) is 70.6 Å². The maximum Gasteiger partial charge on any atom is 0.410 e. The molecule has 11 heteroatoms. The Morgan fingerprint density at radius 1 is 1.00 bits per heavy atom. The molecular weight excluding hydrogens is 594 g/mol. The Balaban J connectivity index is 1.12. The van der Waals surface area contributed by atoms with Crippen LogP contribution in [0.15, 0.2) is 53.1 Å². The van der Waals surface area contributed by atoms with E-state index < -0.39 is 5.60 Å². The van der Waals surface area contributed by atoms with Gasteiger partial charge in [-0.15, -0.1) is 0 Å². The van der Waals surface area contributed by atoms with Gasteiger partial charge in [-0.2, -0.15) is 4.98 Å². The van der Waals surface area contributed by atoms with Crippen LogP contribution in [0.2, 0.25) is 5.02 Å². The summed E-state index contributed by atoms with van der Waals surface area (Å²) in [4.78, 5) is 37.4. The molecule has 0 atom stereocenters. The van der Waals surface area contributed by atoms with E-state index in [4.69, 9.17) is 25.6 Å². The van der Waals surface area contributed by atoms with Gasteiger partial charge in [0.05, 0.1) is 0 Å². The molecule has 1 saturated carbocycles. The Morgan fingerprint density at radius 2 is 1.71 bits per heavy atom. The fraction of sp³-hybridized carbons (Fsp3) is 0.529. The van der Waals surface area contributed by atoms with Crippen LogP contribution in [0.3, 0.4) is 0 Å². The number of ether oxygens (including phenoxy) is 2. The van der Waals surface area contributed by atoms with Crippen molar-refractivity contribution >= 4 is 23.6 Å². The lowest BCUT2D eigenvalue weighted by molar-refractivity contribution is -0.138. The van der Waals surface area contributed by atoms with E-state index in [0.29, 0.717) is 36.4 Å². The monoisotopic (exact) mass is 637 g/mol. The van der Waals surface area contributed by atoms with Crippen LogP contribution < -0.4 is 0 Å². The summed E-state index contributed by atoms with van der Waals surface area (Å²) in [6.07, 6.45) is 2.72. The van der Waals surface area contributed by atoms with Crippen LogP contribution in [0.4, 0.5) is 4.79 Å². The number of benzene rings is 2. The van der Waals surface area contributed by atoms with Gasteiger partial charge in [0.15, 0.2) is 0 Å². The van der Waals surface area contributed by atoms with E-state index in [9.17, 15) is 9.59 Å². The van der Waals surface area contributed by atoms with Crippen molar-refractivity contribution in [1.29, 1.82) is 0 Å². The third-order valence-corrected chi connectivity index (χ3v) is 8.60. The normalized spacial score (nSPS) is 19.4. The van der Waals surface area contributed by atoms with Crippen LogP contribution in [-0.4, -0.2) is 81.8 Å². The highest BCUT2D eigenvalue weighted by molar-refractivity contribution is 6.30. The van der Waals surface area contributed by atoms with Gasteiger partial charge in [0.2, 0.25) is 11.7 Å². The number of carbonyl (C=O) groups is 2. The summed E-state index contributed by atoms with van der Waals surface area (Å²) in [5.74, 6) is 1.21. The van der Waals surface area contributed by atoms with Crippen molar-refractivity contribution in [2.24, 2.45) is 5.92 Å². The molecule has 10 nitrogen and oxygen atoms in total. The Morgan fingerprint density at radius 3 is 2.40 bits per heavy atom. The van der Waals surface area contributed by atoms with Crippen LogP contribution >= 0.6 is 11.6 Å². The Bertz CT molecular complexity index is 1440. The predicted octanol–water partition coefficient (Wildman–Crippen LogP) is 6.18. The molecule has 2 fully saturated rings. The van der Waals surface area contributed by atoms with Crippen LogP contribution in [0, 0.1) is 5.92 Å². The van der Waals surface area contributed by atoms with Crippen molar-refractivity contribution in [1.82, 2.24) is 24.8 Å². The zero-order valence-corrected chi connectivity index (χ0v) is 27.5. The van der Waals surface area contributed by atoms with Gasteiger partial charge in [0.25, 0.3) is 5.89 Å². The smallest absolute Gasteiger partial charge is 0.410 e. The first-order valence-electron chi connectivity index (χ1n) is 15.7. The van der Waals surface area contributed by atoms with E-state index in [1.807, 2.05) is 67.0 Å². The third-order valence-electron chi connectivity index (χ3n) is 8.37. The van der Waals surface area contributed by atoms with Crippen LogP contribution in [0.5, 0.6) is 0 Å². The molecule has 0 radical (unpaired) electrons. The largest absolute Gasteiger partial charge is 0.444 e. The molecule has 1 aliphatic carbocycles. The van der Waals surface area contributed by atoms with Crippen LogP contribution in [0.25, 0.3) is 11.4 Å². The average Bonchev–Trinajstić information content (AvgIpc) is 3.48. The molecular formula is C34H44ClN5O5. The van der Waals surface area contributed by atoms with Gasteiger partial charge in [0.1, 0.15) is 12.2 Å². The quantitative estimate of drug-likeness (QED) is 0.274. The second-order valence-corrected chi connectivity index (χ2v) is 13.4. The molecule has 0 N–H and O–H groups in total. The molecule has 2 aliphatic rings. The molecule has 0 unspecified atom stereocenters. The fourth-order valence-corrected chi connectivity index (χ4v) is 6.35. The molecule has 1 aromatic heterocycles. The number of methoxy groups -OCH3 is 1. The Kier molecular flexibility index (Phi) is 10.8. The highest BCUT2D eigenvalue weighted by Gasteiger charge is 2.36. The molecule has 242 valence electrons. The number of aromatic nitrogens is 2. The summed E-state index contributed by atoms with van der Waals surface area (Å²) in [7, 11) is 1.59. The highest BCUT2D eigenvalue weighted by atomic mass is 35.5. The second-order valence-electron chi connectivity index (χ2n) is 13.0. The molecule has 45 heavy (non-hydrogen) atoms. The highest BCUT2D eigenvalue weighted by Crippen LogP contribution is 2.32. The second kappa shape index (κ2) is 14.7. The van der Waals surface area contributed by atoms with Gasteiger partial charge in [-0.05, 0) is 75.8 Å². The molecule has 1 aliphatic heterocycles. The van der Waals surface area contributed by atoms with Crippen LogP contribution in [-0.2, 0) is 34.0 Å². The Labute approximate surface area is 270 Å². The van der Waals surface area contributed by atoms with Gasteiger partial charge in [-0.3, -0.25) is 9.69 Å². The summed E-state index contributed by atoms with van der Waals surface area (Å²) in [6, 6.07) is 15.8. The summed E-state index contributed by atoms with van der Waals surface area (Å²) in [5, 5.41) is 4.71. The molecule has 3 aromatic rings. The van der Waals surface area contributed by atoms with Crippen molar-refractivity contribution in [3.8, 4) is 11.4 Å². The molecule has 2 aromatic carbocycles. The summed E-state index contributed by atoms with van der Waals surface area (Å²) in [6.45, 7) is 10.2. The van der Waals surface area contributed by atoms with E-state index in [1.165, 1.54) is 0 Å². The average molecular weight is 638 g/mol. The summed E-state index contributed by atoms with van der Waals surface area (Å²) < 4.78 is 16.1. The minimum Gasteiger partial charge on any atom is -0.444 e. The third kappa shape index (κ3) is 9.05. The number of carbonyl (C=O) groups excluding carboxylic acids is 2. The standard InChI is InChI=1S/C34H44ClN5O5/c1-34(2,3)44-33(42)40(22-25-8-6-10-28(35)20-25)29-13-11-26(12-14-29)32(41)39-17-15-38(16-18-39)21-24-7-5-9-27(19-24)31-36-30(23-43-4)45-37-31/h5-10,19-20,26,29H,11-18,21-23H2,1-4H3. The van der Waals surface area contributed by atoms with Gasteiger partial charge < -0.3 is 23.8 Å². The lowest BCUT2D eigenvalue weighted by Gasteiger charge is -2.40. The van der Waals surface area contributed by atoms with Crippen molar-refractivity contribution in [2.75, 3.05) is 33.3 Å². The van der Waals surface area contributed by atoms with Crippen molar-refractivity contribution in [2.45, 2.75) is 77.8 Å². The topological polar surface area (TPSA) is 101 Å². The first-order chi connectivity index (χ1) is 21.6. The van der Waals surface area contributed by atoms with E-state index >= 15 is 0 Å². The number of nitrogens with zero attached hydrogens (tertiary/aromatic N) is 5. The van der Waals surface area contributed by atoms with Gasteiger partial charge in [0, 0.05) is 68.9 Å². The number of amides is 2. The predicted molar refractivity (Wildman–Crippen MR) is 171 cm³/mol. The van der Waals surface area contributed by atoms with Gasteiger partial charge >= 0.3 is 6.09 Å². The lowest BCUT2D eigenvalue weighted by Crippen LogP contribution is -2.51. The SMILES string of the molecule is COCc1nc(-c2cccc(CN3CCN(C(=O)C4CCC(N(Cc5cccc(Cl)c5)C(=O)OC(C)(C)C)CC4)CC3)c2)no1. The minimum absolute atomic E-state index is 0.00880.